The van der Waals surface area contributed by atoms with Crippen molar-refractivity contribution in [1.29, 1.82) is 0 Å². The monoisotopic (exact) mass is 538 g/mol. The Morgan fingerprint density at radius 1 is 0.649 bits per heavy atom. The predicted octanol–water partition coefficient (Wildman–Crippen LogP) is 5.94. The number of hydrogen-bond acceptors (Lipinski definition) is 8. The molecule has 2 aromatic heterocycles. The van der Waals surface area contributed by atoms with E-state index < -0.39 is 0 Å². The largest absolute Gasteiger partial charge is 0.493 e. The minimum Gasteiger partial charge on any atom is -0.493 e. The van der Waals surface area contributed by atoms with Crippen molar-refractivity contribution >= 4 is 45.9 Å². The molecule has 2 heterocycles. The van der Waals surface area contributed by atoms with Gasteiger partial charge in [-0.15, -0.1) is 22.7 Å². The maximum absolute atomic E-state index is 12.9. The number of methoxy groups -OCH3 is 4. The lowest BCUT2D eigenvalue weighted by atomic mass is 9.99. The minimum absolute atomic E-state index is 0.234. The lowest BCUT2D eigenvalue weighted by Crippen LogP contribution is -2.14. The summed E-state index contributed by atoms with van der Waals surface area (Å²) in [5.41, 5.74) is 2.62. The molecule has 192 valence electrons. The second-order valence-corrected chi connectivity index (χ2v) is 9.66. The average Bonchev–Trinajstić information content (AvgIpc) is 3.65. The molecule has 37 heavy (non-hydrogen) atoms. The van der Waals surface area contributed by atoms with Gasteiger partial charge in [-0.3, -0.25) is 9.59 Å². The van der Waals surface area contributed by atoms with Crippen molar-refractivity contribution in [2.45, 2.75) is 6.42 Å². The smallest absolute Gasteiger partial charge is 0.265 e. The number of carbonyl (C=O) groups is 2. The number of anilines is 2. The van der Waals surface area contributed by atoms with Crippen molar-refractivity contribution in [3.8, 4) is 23.0 Å². The molecular weight excluding hydrogens is 512 g/mol. The Hall–Kier alpha value is -4.02. The van der Waals surface area contributed by atoms with Gasteiger partial charge in [0.05, 0.1) is 38.2 Å². The summed E-state index contributed by atoms with van der Waals surface area (Å²) in [6.45, 7) is 0. The van der Waals surface area contributed by atoms with E-state index in [9.17, 15) is 9.59 Å². The first-order chi connectivity index (χ1) is 18.0. The van der Waals surface area contributed by atoms with E-state index in [4.69, 9.17) is 18.9 Å². The number of amides is 2. The summed E-state index contributed by atoms with van der Waals surface area (Å²) in [5, 5.41) is 9.66. The topological polar surface area (TPSA) is 95.1 Å². The molecule has 8 nitrogen and oxygen atoms in total. The van der Waals surface area contributed by atoms with Crippen LogP contribution in [0.1, 0.15) is 30.5 Å². The molecule has 0 fully saturated rings. The quantitative estimate of drug-likeness (QED) is 0.260. The highest BCUT2D eigenvalue weighted by molar-refractivity contribution is 7.12. The first-order valence-electron chi connectivity index (χ1n) is 11.2. The van der Waals surface area contributed by atoms with Gasteiger partial charge < -0.3 is 29.6 Å². The molecule has 0 atom stereocenters. The van der Waals surface area contributed by atoms with Crippen LogP contribution in [0, 0.1) is 0 Å². The fourth-order valence-electron chi connectivity index (χ4n) is 3.76. The van der Waals surface area contributed by atoms with Gasteiger partial charge in [0.2, 0.25) is 0 Å². The van der Waals surface area contributed by atoms with Crippen LogP contribution < -0.4 is 29.6 Å². The van der Waals surface area contributed by atoms with Gasteiger partial charge in [0.25, 0.3) is 11.8 Å². The van der Waals surface area contributed by atoms with Crippen LogP contribution in [0.3, 0.4) is 0 Å². The third-order valence-corrected chi connectivity index (χ3v) is 7.32. The zero-order valence-corrected chi connectivity index (χ0v) is 22.4. The first kappa shape index (κ1) is 26.1. The Morgan fingerprint density at radius 3 is 1.35 bits per heavy atom. The van der Waals surface area contributed by atoms with E-state index in [1.165, 1.54) is 36.9 Å². The van der Waals surface area contributed by atoms with Gasteiger partial charge in [-0.05, 0) is 46.2 Å². The molecule has 2 amide bonds. The van der Waals surface area contributed by atoms with E-state index in [-0.39, 0.29) is 11.8 Å². The second-order valence-electron chi connectivity index (χ2n) is 7.77. The summed E-state index contributed by atoms with van der Waals surface area (Å²) in [7, 11) is 6.17. The Balaban J connectivity index is 1.77. The molecule has 0 bridgehead atoms. The molecule has 10 heteroatoms. The predicted molar refractivity (Wildman–Crippen MR) is 146 cm³/mol. The maximum atomic E-state index is 12.9. The SMILES string of the molecule is COc1cc(Cc2cc(OC)c(OC)cc2NC(=O)c2cccs2)c(NC(=O)c2cccs2)cc1OC. The normalized spacial score (nSPS) is 10.5. The van der Waals surface area contributed by atoms with Gasteiger partial charge in [-0.2, -0.15) is 0 Å². The molecule has 2 N–H and O–H groups in total. The number of ether oxygens (including phenoxy) is 4. The van der Waals surface area contributed by atoms with Gasteiger partial charge >= 0.3 is 0 Å². The van der Waals surface area contributed by atoms with Crippen LogP contribution in [0.25, 0.3) is 0 Å². The van der Waals surface area contributed by atoms with E-state index in [0.717, 1.165) is 11.1 Å². The van der Waals surface area contributed by atoms with Gasteiger partial charge in [-0.1, -0.05) is 12.1 Å². The van der Waals surface area contributed by atoms with Crippen molar-refractivity contribution < 1.29 is 28.5 Å². The third-order valence-electron chi connectivity index (χ3n) is 5.59. The number of nitrogens with one attached hydrogen (secondary N) is 2. The van der Waals surface area contributed by atoms with Crippen LogP contribution in [0.5, 0.6) is 23.0 Å². The van der Waals surface area contributed by atoms with Gasteiger partial charge in [-0.25, -0.2) is 0 Å². The average molecular weight is 539 g/mol. The second kappa shape index (κ2) is 11.8. The standard InChI is InChI=1S/C27H26N2O6S2/c1-32-20-12-16(18(14-22(20)34-3)28-26(30)24-7-5-9-36-24)11-17-13-21(33-2)23(35-4)15-19(17)29-27(31)25-8-6-10-37-25/h5-10,12-15H,11H2,1-4H3,(H,28,30)(H,29,31). The van der Waals surface area contributed by atoms with Crippen molar-refractivity contribution in [2.75, 3.05) is 39.1 Å². The molecule has 0 saturated carbocycles. The number of hydrogen-bond donors (Lipinski definition) is 2. The Kier molecular flexibility index (Phi) is 8.32. The molecule has 4 rings (SSSR count). The highest BCUT2D eigenvalue weighted by Crippen LogP contribution is 2.39. The Labute approximate surface area is 222 Å². The molecule has 2 aromatic carbocycles. The summed E-state index contributed by atoms with van der Waals surface area (Å²) in [4.78, 5) is 27.0. The van der Waals surface area contributed by atoms with Crippen LogP contribution >= 0.6 is 22.7 Å². The minimum atomic E-state index is -0.234. The van der Waals surface area contributed by atoms with Crippen molar-refractivity contribution in [3.63, 3.8) is 0 Å². The van der Waals surface area contributed by atoms with E-state index >= 15 is 0 Å². The Bertz CT molecular complexity index is 1280. The highest BCUT2D eigenvalue weighted by atomic mass is 32.1. The van der Waals surface area contributed by atoms with E-state index in [2.05, 4.69) is 10.6 Å². The van der Waals surface area contributed by atoms with Crippen LogP contribution in [-0.2, 0) is 6.42 Å². The molecule has 0 aliphatic heterocycles. The van der Waals surface area contributed by atoms with Crippen LogP contribution in [0.4, 0.5) is 11.4 Å². The third kappa shape index (κ3) is 5.87. The molecule has 0 saturated heterocycles. The van der Waals surface area contributed by atoms with Crippen molar-refractivity contribution in [1.82, 2.24) is 0 Å². The Morgan fingerprint density at radius 2 is 1.03 bits per heavy atom. The number of benzene rings is 2. The summed E-state index contributed by atoms with van der Waals surface area (Å²) >= 11 is 2.70. The molecule has 0 spiro atoms. The molecule has 0 radical (unpaired) electrons. The highest BCUT2D eigenvalue weighted by Gasteiger charge is 2.20. The van der Waals surface area contributed by atoms with Crippen molar-refractivity contribution in [3.05, 3.63) is 80.2 Å². The van der Waals surface area contributed by atoms with Gasteiger partial charge in [0.1, 0.15) is 0 Å². The zero-order valence-electron chi connectivity index (χ0n) is 20.7. The molecule has 4 aromatic rings. The van der Waals surface area contributed by atoms with Gasteiger partial charge in [0, 0.05) is 29.9 Å². The van der Waals surface area contributed by atoms with Gasteiger partial charge in [0.15, 0.2) is 23.0 Å². The maximum Gasteiger partial charge on any atom is 0.265 e. The molecule has 0 aliphatic carbocycles. The van der Waals surface area contributed by atoms with Crippen LogP contribution in [0.15, 0.2) is 59.3 Å². The van der Waals surface area contributed by atoms with Crippen LogP contribution in [0.2, 0.25) is 0 Å². The van der Waals surface area contributed by atoms with E-state index in [1.54, 1.807) is 38.5 Å². The van der Waals surface area contributed by atoms with Crippen LogP contribution in [-0.4, -0.2) is 40.3 Å². The summed E-state index contributed by atoms with van der Waals surface area (Å²) in [5.74, 6) is 1.51. The first-order valence-corrected chi connectivity index (χ1v) is 12.9. The molecular formula is C27H26N2O6S2. The summed E-state index contributed by atoms with van der Waals surface area (Å²) in [6, 6.07) is 14.2. The number of thiophene rings is 2. The summed E-state index contributed by atoms with van der Waals surface area (Å²) in [6.07, 6.45) is 0.334. The molecule has 0 aliphatic rings. The number of rotatable bonds is 10. The lowest BCUT2D eigenvalue weighted by molar-refractivity contribution is 0.102. The van der Waals surface area contributed by atoms with E-state index in [1.807, 2.05) is 35.0 Å². The lowest BCUT2D eigenvalue weighted by Gasteiger charge is -2.19. The van der Waals surface area contributed by atoms with Crippen molar-refractivity contribution in [2.24, 2.45) is 0 Å². The summed E-state index contributed by atoms with van der Waals surface area (Å²) < 4.78 is 22.0. The molecule has 0 unspecified atom stereocenters. The fraction of sp³-hybridized carbons (Fsp3) is 0.185. The number of carbonyl (C=O) groups excluding carboxylic acids is 2. The fourth-order valence-corrected chi connectivity index (χ4v) is 4.99. The van der Waals surface area contributed by atoms with E-state index in [0.29, 0.717) is 50.5 Å². The zero-order chi connectivity index (χ0) is 26.4.